The van der Waals surface area contributed by atoms with E-state index in [1.54, 1.807) is 13.0 Å². The second-order valence-electron chi connectivity index (χ2n) is 3.88. The van der Waals surface area contributed by atoms with Gasteiger partial charge in [-0.3, -0.25) is 4.79 Å². The minimum Gasteiger partial charge on any atom is -0.416 e. The smallest absolute Gasteiger partial charge is 0.282 e. The van der Waals surface area contributed by atoms with Crippen molar-refractivity contribution in [3.8, 4) is 0 Å². The van der Waals surface area contributed by atoms with E-state index in [0.717, 1.165) is 17.2 Å². The van der Waals surface area contributed by atoms with E-state index in [9.17, 15) is 4.79 Å². The fourth-order valence-corrected chi connectivity index (χ4v) is 2.46. The molecule has 0 atom stereocenters. The van der Waals surface area contributed by atoms with Crippen LogP contribution in [-0.4, -0.2) is 21.5 Å². The van der Waals surface area contributed by atoms with E-state index in [1.807, 2.05) is 24.3 Å². The molecule has 3 rings (SSSR count). The van der Waals surface area contributed by atoms with E-state index in [4.69, 9.17) is 4.42 Å². The summed E-state index contributed by atoms with van der Waals surface area (Å²) in [5.74, 6) is 0.482. The lowest BCUT2D eigenvalue weighted by atomic mass is 10.2. The van der Waals surface area contributed by atoms with Gasteiger partial charge in [0.1, 0.15) is 5.03 Å². The molecule has 0 saturated heterocycles. The number of carbonyl (C=O) groups is 1. The monoisotopic (exact) mass is 271 g/mol. The van der Waals surface area contributed by atoms with Gasteiger partial charge in [0.2, 0.25) is 5.89 Å². The molecule has 0 aliphatic rings. The molecule has 0 unspecified atom stereocenters. The van der Waals surface area contributed by atoms with E-state index in [0.29, 0.717) is 21.7 Å². The minimum absolute atomic E-state index is 0.378. The summed E-state index contributed by atoms with van der Waals surface area (Å²) in [6.07, 6.45) is 0.783. The van der Waals surface area contributed by atoms with Crippen LogP contribution in [0.3, 0.4) is 0 Å². The lowest BCUT2D eigenvalue weighted by molar-refractivity contribution is 0.112. The van der Waals surface area contributed by atoms with Crippen LogP contribution < -0.4 is 0 Å². The van der Waals surface area contributed by atoms with Crippen molar-refractivity contribution in [1.82, 2.24) is 15.2 Å². The van der Waals surface area contributed by atoms with Crippen LogP contribution in [0.2, 0.25) is 0 Å². The maximum atomic E-state index is 11.1. The van der Waals surface area contributed by atoms with Crippen LogP contribution in [0.5, 0.6) is 0 Å². The fraction of sp³-hybridized carbons (Fsp3) is 0.0769. The van der Waals surface area contributed by atoms with Gasteiger partial charge in [-0.25, -0.2) is 4.98 Å². The van der Waals surface area contributed by atoms with E-state index in [2.05, 4.69) is 15.2 Å². The number of fused-ring (bicyclic) bond motifs is 1. The number of rotatable bonds is 3. The number of carbonyl (C=O) groups excluding carboxylic acids is 1. The lowest BCUT2D eigenvalue weighted by Crippen LogP contribution is -1.91. The molecule has 2 heterocycles. The van der Waals surface area contributed by atoms with Crippen molar-refractivity contribution in [1.29, 1.82) is 0 Å². The zero-order chi connectivity index (χ0) is 13.2. The topological polar surface area (TPSA) is 68.9 Å². The molecule has 0 fully saturated rings. The van der Waals surface area contributed by atoms with Crippen LogP contribution in [0.25, 0.3) is 10.9 Å². The van der Waals surface area contributed by atoms with Gasteiger partial charge in [0.05, 0.1) is 5.52 Å². The Balaban J connectivity index is 2.08. The summed E-state index contributed by atoms with van der Waals surface area (Å²) in [5.41, 5.74) is 1.34. The molecule has 0 radical (unpaired) electrons. The molecule has 0 bridgehead atoms. The number of benzene rings is 1. The van der Waals surface area contributed by atoms with Crippen molar-refractivity contribution in [3.05, 3.63) is 41.8 Å². The average molecular weight is 271 g/mol. The van der Waals surface area contributed by atoms with E-state index in [1.165, 1.54) is 11.8 Å². The van der Waals surface area contributed by atoms with Crippen molar-refractivity contribution in [3.63, 3.8) is 0 Å². The molecular formula is C13H9N3O2S. The Morgan fingerprint density at radius 3 is 2.84 bits per heavy atom. The minimum atomic E-state index is 0.378. The first-order valence-electron chi connectivity index (χ1n) is 5.59. The van der Waals surface area contributed by atoms with Crippen molar-refractivity contribution in [2.45, 2.75) is 17.2 Å². The van der Waals surface area contributed by atoms with Crippen molar-refractivity contribution >= 4 is 29.0 Å². The summed E-state index contributed by atoms with van der Waals surface area (Å²) in [4.78, 5) is 15.6. The normalized spacial score (nSPS) is 10.8. The van der Waals surface area contributed by atoms with Gasteiger partial charge in [0.15, 0.2) is 6.29 Å². The molecule has 0 aliphatic carbocycles. The first-order valence-corrected chi connectivity index (χ1v) is 6.41. The van der Waals surface area contributed by atoms with E-state index in [-0.39, 0.29) is 0 Å². The summed E-state index contributed by atoms with van der Waals surface area (Å²) in [5, 5.41) is 9.51. The predicted octanol–water partition coefficient (Wildman–Crippen LogP) is 2.89. The Labute approximate surface area is 113 Å². The number of pyridine rings is 1. The third-order valence-electron chi connectivity index (χ3n) is 2.54. The second-order valence-corrected chi connectivity index (χ2v) is 4.82. The first kappa shape index (κ1) is 11.9. The standard InChI is InChI=1S/C13H9N3O2S/c1-8-15-16-13(18-8)19-12-10(7-17)6-9-4-2-3-5-11(9)14-12/h2-7H,1H3. The molecule has 2 aromatic heterocycles. The quantitative estimate of drug-likeness (QED) is 0.682. The molecule has 6 heteroatoms. The van der Waals surface area contributed by atoms with Gasteiger partial charge in [-0.05, 0) is 23.9 Å². The van der Waals surface area contributed by atoms with Crippen LogP contribution in [0.4, 0.5) is 0 Å². The molecule has 94 valence electrons. The van der Waals surface area contributed by atoms with Gasteiger partial charge in [0, 0.05) is 17.9 Å². The number of aryl methyl sites for hydroxylation is 1. The molecule has 0 spiro atoms. The zero-order valence-corrected chi connectivity index (χ0v) is 10.8. The second kappa shape index (κ2) is 4.81. The van der Waals surface area contributed by atoms with Crippen molar-refractivity contribution < 1.29 is 9.21 Å². The SMILES string of the molecule is Cc1nnc(Sc2nc3ccccc3cc2C=O)o1. The van der Waals surface area contributed by atoms with E-state index >= 15 is 0 Å². The number of nitrogens with zero attached hydrogens (tertiary/aromatic N) is 3. The number of hydrogen-bond donors (Lipinski definition) is 0. The predicted molar refractivity (Wildman–Crippen MR) is 70.3 cm³/mol. The Hall–Kier alpha value is -2.21. The Kier molecular flexibility index (Phi) is 3.00. The van der Waals surface area contributed by atoms with Crippen LogP contribution >= 0.6 is 11.8 Å². The third-order valence-corrected chi connectivity index (χ3v) is 3.40. The van der Waals surface area contributed by atoms with Gasteiger partial charge < -0.3 is 4.42 Å². The van der Waals surface area contributed by atoms with Crippen LogP contribution in [0, 0.1) is 6.92 Å². The highest BCUT2D eigenvalue weighted by Gasteiger charge is 2.12. The Morgan fingerprint density at radius 2 is 2.11 bits per heavy atom. The van der Waals surface area contributed by atoms with Gasteiger partial charge in [0.25, 0.3) is 5.22 Å². The molecule has 0 aliphatic heterocycles. The molecule has 3 aromatic rings. The maximum Gasteiger partial charge on any atom is 0.282 e. The lowest BCUT2D eigenvalue weighted by Gasteiger charge is -2.03. The van der Waals surface area contributed by atoms with Gasteiger partial charge >= 0.3 is 0 Å². The highest BCUT2D eigenvalue weighted by Crippen LogP contribution is 2.29. The summed E-state index contributed by atoms with van der Waals surface area (Å²) in [7, 11) is 0. The highest BCUT2D eigenvalue weighted by atomic mass is 32.2. The first-order chi connectivity index (χ1) is 9.26. The van der Waals surface area contributed by atoms with Gasteiger partial charge in [-0.1, -0.05) is 18.2 Å². The number of aromatic nitrogens is 3. The zero-order valence-electron chi connectivity index (χ0n) is 10.0. The number of hydrogen-bond acceptors (Lipinski definition) is 6. The summed E-state index contributed by atoms with van der Waals surface area (Å²) in [6.45, 7) is 1.71. The van der Waals surface area contributed by atoms with Gasteiger partial charge in [-0.2, -0.15) is 0 Å². The molecule has 0 saturated carbocycles. The molecule has 0 amide bonds. The number of aldehydes is 1. The summed E-state index contributed by atoms with van der Waals surface area (Å²) in [6, 6.07) is 9.43. The molecule has 19 heavy (non-hydrogen) atoms. The van der Waals surface area contributed by atoms with Crippen molar-refractivity contribution in [2.75, 3.05) is 0 Å². The Morgan fingerprint density at radius 1 is 1.26 bits per heavy atom. The molecular weight excluding hydrogens is 262 g/mol. The largest absolute Gasteiger partial charge is 0.416 e. The maximum absolute atomic E-state index is 11.1. The highest BCUT2D eigenvalue weighted by molar-refractivity contribution is 7.99. The number of para-hydroxylation sites is 1. The molecule has 1 aromatic carbocycles. The van der Waals surface area contributed by atoms with Crippen LogP contribution in [0.1, 0.15) is 16.2 Å². The van der Waals surface area contributed by atoms with Gasteiger partial charge in [-0.15, -0.1) is 10.2 Å². The summed E-state index contributed by atoms with van der Waals surface area (Å²) < 4.78 is 5.28. The van der Waals surface area contributed by atoms with E-state index < -0.39 is 0 Å². The van der Waals surface area contributed by atoms with Crippen LogP contribution in [0.15, 0.2) is 45.0 Å². The molecule has 5 nitrogen and oxygen atoms in total. The fourth-order valence-electron chi connectivity index (χ4n) is 1.68. The third kappa shape index (κ3) is 2.34. The summed E-state index contributed by atoms with van der Waals surface area (Å²) >= 11 is 1.19. The van der Waals surface area contributed by atoms with Crippen LogP contribution in [-0.2, 0) is 0 Å². The average Bonchev–Trinajstić information content (AvgIpc) is 2.83. The Bertz CT molecular complexity index is 754. The molecule has 0 N–H and O–H groups in total. The van der Waals surface area contributed by atoms with Crippen molar-refractivity contribution in [2.24, 2.45) is 0 Å².